The summed E-state index contributed by atoms with van der Waals surface area (Å²) in [4.78, 5) is 13.9. The summed E-state index contributed by atoms with van der Waals surface area (Å²) < 4.78 is 0. The molecule has 0 radical (unpaired) electrons. The fourth-order valence-corrected chi connectivity index (χ4v) is 2.83. The first-order valence-corrected chi connectivity index (χ1v) is 6.19. The molecule has 2 rings (SSSR count). The Kier molecular flexibility index (Phi) is 3.21. The first-order valence-electron chi connectivity index (χ1n) is 5.75. The summed E-state index contributed by atoms with van der Waals surface area (Å²) in [6.45, 7) is 6.12. The molecule has 2 bridgehead atoms. The summed E-state index contributed by atoms with van der Waals surface area (Å²) in [6.07, 6.45) is 3.75. The van der Waals surface area contributed by atoms with Gasteiger partial charge in [0, 0.05) is 18.5 Å². The van der Waals surface area contributed by atoms with Gasteiger partial charge in [-0.25, -0.2) is 0 Å². The Morgan fingerprint density at radius 1 is 1.53 bits per heavy atom. The molecular weight excluding hydrogens is 212 g/mol. The third-order valence-corrected chi connectivity index (χ3v) is 3.90. The third-order valence-electron chi connectivity index (χ3n) is 3.70. The molecule has 3 unspecified atom stereocenters. The number of hydrogen-bond donors (Lipinski definition) is 1. The normalized spacial score (nSPS) is 36.3. The van der Waals surface area contributed by atoms with Crippen molar-refractivity contribution in [2.75, 3.05) is 26.2 Å². The SMILES string of the molecule is CC(Cl)C(=O)NCC12CCCN(CC1)C2. The summed E-state index contributed by atoms with van der Waals surface area (Å²) >= 11 is 5.72. The molecule has 0 aromatic heterocycles. The van der Waals surface area contributed by atoms with Crippen LogP contribution in [0.5, 0.6) is 0 Å². The van der Waals surface area contributed by atoms with Crippen molar-refractivity contribution in [2.45, 2.75) is 31.6 Å². The maximum atomic E-state index is 11.4. The second-order valence-corrected chi connectivity index (χ2v) is 5.62. The van der Waals surface area contributed by atoms with Gasteiger partial charge in [0.15, 0.2) is 0 Å². The molecule has 1 amide bonds. The predicted octanol–water partition coefficient (Wildman–Crippen LogP) is 1.22. The molecular formula is C11H19ClN2O. The van der Waals surface area contributed by atoms with Crippen LogP contribution in [0.2, 0.25) is 0 Å². The number of nitrogens with one attached hydrogen (secondary N) is 1. The molecule has 2 heterocycles. The highest BCUT2D eigenvalue weighted by Gasteiger charge is 2.40. The van der Waals surface area contributed by atoms with Gasteiger partial charge in [-0.2, -0.15) is 0 Å². The van der Waals surface area contributed by atoms with E-state index in [9.17, 15) is 4.79 Å². The Morgan fingerprint density at radius 2 is 2.33 bits per heavy atom. The number of fused-ring (bicyclic) bond motifs is 2. The Balaban J connectivity index is 1.86. The molecule has 86 valence electrons. The summed E-state index contributed by atoms with van der Waals surface area (Å²) in [5.74, 6) is -0.0323. The van der Waals surface area contributed by atoms with E-state index < -0.39 is 5.38 Å². The van der Waals surface area contributed by atoms with Gasteiger partial charge >= 0.3 is 0 Å². The molecule has 3 atom stereocenters. The molecule has 3 nitrogen and oxygen atoms in total. The summed E-state index contributed by atoms with van der Waals surface area (Å²) in [5.41, 5.74) is 0.347. The second-order valence-electron chi connectivity index (χ2n) is 4.96. The monoisotopic (exact) mass is 230 g/mol. The Morgan fingerprint density at radius 3 is 3.07 bits per heavy atom. The number of rotatable bonds is 3. The van der Waals surface area contributed by atoms with E-state index in [2.05, 4.69) is 10.2 Å². The van der Waals surface area contributed by atoms with Gasteiger partial charge < -0.3 is 10.2 Å². The standard InChI is InChI=1S/C11H19ClN2O/c1-9(12)10(15)13-7-11-3-2-5-14(8-11)6-4-11/h9H,2-8H2,1H3,(H,13,15). The van der Waals surface area contributed by atoms with Crippen molar-refractivity contribution in [1.82, 2.24) is 10.2 Å². The molecule has 0 saturated carbocycles. The minimum Gasteiger partial charge on any atom is -0.354 e. The van der Waals surface area contributed by atoms with Crippen LogP contribution >= 0.6 is 11.6 Å². The van der Waals surface area contributed by atoms with Crippen molar-refractivity contribution < 1.29 is 4.79 Å². The molecule has 4 heteroatoms. The third kappa shape index (κ3) is 2.45. The number of nitrogens with zero attached hydrogens (tertiary/aromatic N) is 1. The van der Waals surface area contributed by atoms with Crippen molar-refractivity contribution in [3.8, 4) is 0 Å². The predicted molar refractivity (Wildman–Crippen MR) is 61.0 cm³/mol. The maximum Gasteiger partial charge on any atom is 0.237 e. The number of carbonyl (C=O) groups is 1. The second kappa shape index (κ2) is 4.30. The van der Waals surface area contributed by atoms with Gasteiger partial charge in [0.05, 0.1) is 0 Å². The van der Waals surface area contributed by atoms with Crippen LogP contribution in [-0.2, 0) is 4.79 Å². The van der Waals surface area contributed by atoms with Crippen molar-refractivity contribution in [3.63, 3.8) is 0 Å². The van der Waals surface area contributed by atoms with Gasteiger partial charge in [-0.05, 0) is 39.3 Å². The molecule has 2 fully saturated rings. The van der Waals surface area contributed by atoms with E-state index in [1.54, 1.807) is 6.92 Å². The number of halogens is 1. The topological polar surface area (TPSA) is 32.3 Å². The lowest BCUT2D eigenvalue weighted by molar-refractivity contribution is -0.121. The Hall–Kier alpha value is -0.280. The number of piperidine rings is 1. The van der Waals surface area contributed by atoms with Crippen LogP contribution in [0.15, 0.2) is 0 Å². The van der Waals surface area contributed by atoms with E-state index in [4.69, 9.17) is 11.6 Å². The van der Waals surface area contributed by atoms with Gasteiger partial charge in [0.25, 0.3) is 0 Å². The van der Waals surface area contributed by atoms with E-state index in [-0.39, 0.29) is 5.91 Å². The lowest BCUT2D eigenvalue weighted by atomic mass is 9.81. The maximum absolute atomic E-state index is 11.4. The Labute approximate surface area is 96.2 Å². The highest BCUT2D eigenvalue weighted by molar-refractivity contribution is 6.30. The largest absolute Gasteiger partial charge is 0.354 e. The van der Waals surface area contributed by atoms with Crippen molar-refractivity contribution in [1.29, 1.82) is 0 Å². The van der Waals surface area contributed by atoms with Crippen LogP contribution < -0.4 is 5.32 Å². The van der Waals surface area contributed by atoms with Crippen molar-refractivity contribution in [2.24, 2.45) is 5.41 Å². The quantitative estimate of drug-likeness (QED) is 0.740. The first-order chi connectivity index (χ1) is 7.11. The molecule has 0 aromatic rings. The van der Waals surface area contributed by atoms with Crippen LogP contribution in [0.4, 0.5) is 0 Å². The van der Waals surface area contributed by atoms with Crippen LogP contribution in [-0.4, -0.2) is 42.4 Å². The molecule has 0 spiro atoms. The number of hydrogen-bond acceptors (Lipinski definition) is 2. The van der Waals surface area contributed by atoms with Gasteiger partial charge in [-0.15, -0.1) is 11.6 Å². The zero-order chi connectivity index (χ0) is 10.9. The fourth-order valence-electron chi connectivity index (χ4n) is 2.75. The first kappa shape index (κ1) is 11.2. The molecule has 15 heavy (non-hydrogen) atoms. The van der Waals surface area contributed by atoms with Gasteiger partial charge in [-0.3, -0.25) is 4.79 Å². The molecule has 2 aliphatic heterocycles. The van der Waals surface area contributed by atoms with E-state index in [0.29, 0.717) is 5.41 Å². The van der Waals surface area contributed by atoms with Crippen molar-refractivity contribution in [3.05, 3.63) is 0 Å². The summed E-state index contributed by atoms with van der Waals surface area (Å²) in [6, 6.07) is 0. The Bertz CT molecular complexity index is 253. The molecule has 2 aliphatic rings. The average Bonchev–Trinajstić information content (AvgIpc) is 2.51. The minimum absolute atomic E-state index is 0.0323. The van der Waals surface area contributed by atoms with E-state index in [1.165, 1.54) is 32.4 Å². The lowest BCUT2D eigenvalue weighted by Gasteiger charge is -2.34. The highest BCUT2D eigenvalue weighted by atomic mass is 35.5. The molecule has 1 N–H and O–H groups in total. The highest BCUT2D eigenvalue weighted by Crippen LogP contribution is 2.38. The van der Waals surface area contributed by atoms with Gasteiger partial charge in [-0.1, -0.05) is 0 Å². The van der Waals surface area contributed by atoms with Crippen LogP contribution in [0.1, 0.15) is 26.2 Å². The van der Waals surface area contributed by atoms with Gasteiger partial charge in [0.2, 0.25) is 5.91 Å². The summed E-state index contributed by atoms with van der Waals surface area (Å²) in [5, 5.41) is 2.56. The number of amides is 1. The van der Waals surface area contributed by atoms with E-state index in [0.717, 1.165) is 13.1 Å². The lowest BCUT2D eigenvalue weighted by Crippen LogP contribution is -2.44. The van der Waals surface area contributed by atoms with Gasteiger partial charge in [0.1, 0.15) is 5.38 Å². The van der Waals surface area contributed by atoms with Crippen LogP contribution in [0.25, 0.3) is 0 Å². The number of carbonyl (C=O) groups excluding carboxylic acids is 1. The molecule has 0 aromatic carbocycles. The molecule has 0 aliphatic carbocycles. The average molecular weight is 231 g/mol. The van der Waals surface area contributed by atoms with Crippen LogP contribution in [0, 0.1) is 5.41 Å². The van der Waals surface area contributed by atoms with E-state index in [1.807, 2.05) is 0 Å². The summed E-state index contributed by atoms with van der Waals surface area (Å²) in [7, 11) is 0. The zero-order valence-electron chi connectivity index (χ0n) is 9.26. The smallest absolute Gasteiger partial charge is 0.237 e. The van der Waals surface area contributed by atoms with Crippen molar-refractivity contribution >= 4 is 17.5 Å². The zero-order valence-corrected chi connectivity index (χ0v) is 10.0. The molecule has 2 saturated heterocycles. The van der Waals surface area contributed by atoms with Crippen LogP contribution in [0.3, 0.4) is 0 Å². The minimum atomic E-state index is -0.414. The fraction of sp³-hybridized carbons (Fsp3) is 0.909. The van der Waals surface area contributed by atoms with E-state index >= 15 is 0 Å². The number of alkyl halides is 1.